The highest BCUT2D eigenvalue weighted by Gasteiger charge is 2.09. The molecule has 0 fully saturated rings. The molecule has 0 saturated heterocycles. The van der Waals surface area contributed by atoms with Gasteiger partial charge in [-0.1, -0.05) is 85.4 Å². The average Bonchev–Trinajstić information content (AvgIpc) is 2.29. The number of halogens is 1. The second-order valence-electron chi connectivity index (χ2n) is 4.51. The van der Waals surface area contributed by atoms with Crippen LogP contribution in [-0.4, -0.2) is 4.43 Å². The molecule has 86 valence electrons. The predicted molar refractivity (Wildman–Crippen MR) is 77.6 cm³/mol. The third kappa shape index (κ3) is 5.74. The van der Waals surface area contributed by atoms with E-state index in [1.165, 1.54) is 49.4 Å². The fourth-order valence-electron chi connectivity index (χ4n) is 2.13. The van der Waals surface area contributed by atoms with Crippen LogP contribution in [-0.2, 0) is 0 Å². The lowest BCUT2D eigenvalue weighted by atomic mass is 9.90. The Morgan fingerprint density at radius 1 is 1.27 bits per heavy atom. The summed E-state index contributed by atoms with van der Waals surface area (Å²) < 4.78 is 1.20. The summed E-state index contributed by atoms with van der Waals surface area (Å²) in [5.74, 6) is 0.835. The van der Waals surface area contributed by atoms with E-state index in [0.29, 0.717) is 0 Å². The molecule has 1 atom stereocenters. The molecule has 0 heterocycles. The van der Waals surface area contributed by atoms with Gasteiger partial charge in [-0.25, -0.2) is 0 Å². The van der Waals surface area contributed by atoms with Crippen LogP contribution in [0, 0.1) is 5.92 Å². The molecule has 0 radical (unpaired) electrons. The minimum absolute atomic E-state index is 0.835. The van der Waals surface area contributed by atoms with Crippen molar-refractivity contribution in [3.05, 3.63) is 23.8 Å². The van der Waals surface area contributed by atoms with Crippen molar-refractivity contribution in [2.75, 3.05) is 4.43 Å². The van der Waals surface area contributed by atoms with E-state index in [4.69, 9.17) is 0 Å². The van der Waals surface area contributed by atoms with Crippen LogP contribution in [0.2, 0.25) is 0 Å². The maximum absolute atomic E-state index is 2.47. The monoisotopic (exact) mass is 318 g/mol. The molecule has 1 aliphatic carbocycles. The molecule has 1 unspecified atom stereocenters. The Morgan fingerprint density at radius 2 is 2.07 bits per heavy atom. The number of hydrogen-bond donors (Lipinski definition) is 0. The molecule has 0 aliphatic heterocycles. The molecule has 0 amide bonds. The summed E-state index contributed by atoms with van der Waals surface area (Å²) >= 11 is 2.47. The first-order valence-electron chi connectivity index (χ1n) is 6.29. The number of unbranched alkanes of at least 4 members (excludes halogenated alkanes) is 4. The summed E-state index contributed by atoms with van der Waals surface area (Å²) in [6.07, 6.45) is 16.7. The Kier molecular flexibility index (Phi) is 7.41. The van der Waals surface area contributed by atoms with Gasteiger partial charge in [0.25, 0.3) is 0 Å². The molecule has 0 nitrogen and oxygen atoms in total. The van der Waals surface area contributed by atoms with Crippen LogP contribution < -0.4 is 0 Å². The first-order valence-corrected chi connectivity index (χ1v) is 7.81. The van der Waals surface area contributed by atoms with Crippen molar-refractivity contribution in [3.63, 3.8) is 0 Å². The van der Waals surface area contributed by atoms with E-state index in [1.807, 2.05) is 0 Å². The molecule has 1 aliphatic rings. The van der Waals surface area contributed by atoms with Gasteiger partial charge >= 0.3 is 0 Å². The zero-order chi connectivity index (χ0) is 10.9. The molecule has 0 aromatic rings. The van der Waals surface area contributed by atoms with Gasteiger partial charge in [0.05, 0.1) is 0 Å². The SMILES string of the molecule is CCCCCCCC1C=CC=C(CI)C1. The van der Waals surface area contributed by atoms with Crippen LogP contribution in [0.25, 0.3) is 0 Å². The zero-order valence-corrected chi connectivity index (χ0v) is 12.0. The van der Waals surface area contributed by atoms with Crippen molar-refractivity contribution in [1.82, 2.24) is 0 Å². The zero-order valence-electron chi connectivity index (χ0n) is 9.84. The molecule has 15 heavy (non-hydrogen) atoms. The normalized spacial score (nSPS) is 20.4. The van der Waals surface area contributed by atoms with Crippen molar-refractivity contribution in [1.29, 1.82) is 0 Å². The van der Waals surface area contributed by atoms with Crippen LogP contribution >= 0.6 is 22.6 Å². The van der Waals surface area contributed by atoms with E-state index < -0.39 is 0 Å². The van der Waals surface area contributed by atoms with E-state index in [2.05, 4.69) is 47.7 Å². The summed E-state index contributed by atoms with van der Waals surface area (Å²) in [7, 11) is 0. The summed E-state index contributed by atoms with van der Waals surface area (Å²) in [5, 5.41) is 0. The van der Waals surface area contributed by atoms with Gasteiger partial charge in [-0.15, -0.1) is 0 Å². The lowest BCUT2D eigenvalue weighted by Gasteiger charge is -2.17. The van der Waals surface area contributed by atoms with Gasteiger partial charge in [0.15, 0.2) is 0 Å². The van der Waals surface area contributed by atoms with E-state index in [0.717, 1.165) is 5.92 Å². The third-order valence-corrected chi connectivity index (χ3v) is 4.07. The Labute approximate surface area is 108 Å². The number of hydrogen-bond acceptors (Lipinski definition) is 0. The van der Waals surface area contributed by atoms with Crippen LogP contribution in [0.15, 0.2) is 23.8 Å². The average molecular weight is 318 g/mol. The van der Waals surface area contributed by atoms with E-state index in [1.54, 1.807) is 5.57 Å². The molecular weight excluding hydrogens is 295 g/mol. The number of rotatable bonds is 7. The molecule has 0 saturated carbocycles. The minimum Gasteiger partial charge on any atom is -0.0815 e. The van der Waals surface area contributed by atoms with Gasteiger partial charge in [0.2, 0.25) is 0 Å². The third-order valence-electron chi connectivity index (χ3n) is 3.09. The maximum atomic E-state index is 2.47. The van der Waals surface area contributed by atoms with Gasteiger partial charge in [-0.2, -0.15) is 0 Å². The Morgan fingerprint density at radius 3 is 2.80 bits per heavy atom. The number of allylic oxidation sites excluding steroid dienone is 4. The van der Waals surface area contributed by atoms with Crippen LogP contribution in [0.1, 0.15) is 51.9 Å². The maximum Gasteiger partial charge on any atom is 0.0209 e. The van der Waals surface area contributed by atoms with Crippen molar-refractivity contribution in [3.8, 4) is 0 Å². The topological polar surface area (TPSA) is 0 Å². The molecule has 0 N–H and O–H groups in total. The lowest BCUT2D eigenvalue weighted by molar-refractivity contribution is 0.518. The first kappa shape index (κ1) is 13.3. The molecule has 0 aromatic heterocycles. The van der Waals surface area contributed by atoms with E-state index in [9.17, 15) is 0 Å². The van der Waals surface area contributed by atoms with Gasteiger partial charge < -0.3 is 0 Å². The van der Waals surface area contributed by atoms with E-state index >= 15 is 0 Å². The molecule has 0 aromatic carbocycles. The van der Waals surface area contributed by atoms with Gasteiger partial charge in [-0.3, -0.25) is 0 Å². The molecule has 1 rings (SSSR count). The van der Waals surface area contributed by atoms with Crippen molar-refractivity contribution < 1.29 is 0 Å². The Bertz CT molecular complexity index is 215. The molecule has 1 heteroatoms. The fourth-order valence-corrected chi connectivity index (χ4v) is 2.69. The molecule has 0 bridgehead atoms. The minimum atomic E-state index is 0.835. The summed E-state index contributed by atoms with van der Waals surface area (Å²) in [4.78, 5) is 0. The van der Waals surface area contributed by atoms with Crippen molar-refractivity contribution in [2.45, 2.75) is 51.9 Å². The highest BCUT2D eigenvalue weighted by Crippen LogP contribution is 2.24. The van der Waals surface area contributed by atoms with Crippen LogP contribution in [0.5, 0.6) is 0 Å². The Balaban J connectivity index is 2.08. The second kappa shape index (κ2) is 8.37. The first-order chi connectivity index (χ1) is 7.36. The van der Waals surface area contributed by atoms with Crippen molar-refractivity contribution >= 4 is 22.6 Å². The van der Waals surface area contributed by atoms with Crippen LogP contribution in [0.3, 0.4) is 0 Å². The largest absolute Gasteiger partial charge is 0.0815 e. The Hall–Kier alpha value is 0.210. The standard InChI is InChI=1S/C14H23I/c1-2-3-4-5-6-8-13-9-7-10-14(11-13)12-15/h7,9-10,13H,2-6,8,11-12H2,1H3. The smallest absolute Gasteiger partial charge is 0.0209 e. The summed E-state index contributed by atoms with van der Waals surface area (Å²) in [5.41, 5.74) is 1.62. The fraction of sp³-hybridized carbons (Fsp3) is 0.714. The summed E-state index contributed by atoms with van der Waals surface area (Å²) in [6, 6.07) is 0. The van der Waals surface area contributed by atoms with Crippen molar-refractivity contribution in [2.24, 2.45) is 5.92 Å². The van der Waals surface area contributed by atoms with Gasteiger partial charge in [-0.05, 0) is 18.8 Å². The van der Waals surface area contributed by atoms with Gasteiger partial charge in [0.1, 0.15) is 0 Å². The molecular formula is C14H23I. The van der Waals surface area contributed by atoms with Crippen LogP contribution in [0.4, 0.5) is 0 Å². The lowest BCUT2D eigenvalue weighted by Crippen LogP contribution is -2.03. The predicted octanol–water partition coefficient (Wildman–Crippen LogP) is 5.28. The quantitative estimate of drug-likeness (QED) is 0.340. The highest BCUT2D eigenvalue weighted by molar-refractivity contribution is 14.1. The number of alkyl halides is 1. The van der Waals surface area contributed by atoms with Gasteiger partial charge in [0, 0.05) is 4.43 Å². The highest BCUT2D eigenvalue weighted by atomic mass is 127. The molecule has 0 spiro atoms. The summed E-state index contributed by atoms with van der Waals surface area (Å²) in [6.45, 7) is 2.28. The van der Waals surface area contributed by atoms with E-state index in [-0.39, 0.29) is 0 Å². The second-order valence-corrected chi connectivity index (χ2v) is 5.27.